The molecule has 1 amide bonds. The van der Waals surface area contributed by atoms with E-state index in [0.29, 0.717) is 0 Å². The van der Waals surface area contributed by atoms with Gasteiger partial charge in [-0.3, -0.25) is 4.79 Å². The summed E-state index contributed by atoms with van der Waals surface area (Å²) < 4.78 is 2.20. The number of carbonyl (C=O) groups is 1. The second-order valence-electron chi connectivity index (χ2n) is 5.86. The molecule has 3 rings (SSSR count). The lowest BCUT2D eigenvalue weighted by atomic mass is 10.1. The third kappa shape index (κ3) is 2.70. The van der Waals surface area contributed by atoms with Gasteiger partial charge in [0.1, 0.15) is 5.82 Å². The number of fused-ring (bicyclic) bond motifs is 1. The Morgan fingerprint density at radius 1 is 1.40 bits per heavy atom. The van der Waals surface area contributed by atoms with Crippen LogP contribution < -0.4 is 10.6 Å². The van der Waals surface area contributed by atoms with Crippen molar-refractivity contribution in [1.82, 2.24) is 25.4 Å². The van der Waals surface area contributed by atoms with Crippen molar-refractivity contribution in [2.75, 3.05) is 13.1 Å². The van der Waals surface area contributed by atoms with Gasteiger partial charge in [0, 0.05) is 19.5 Å². The van der Waals surface area contributed by atoms with E-state index in [1.54, 1.807) is 0 Å². The maximum Gasteiger partial charge on any atom is 0.225 e. The van der Waals surface area contributed by atoms with E-state index >= 15 is 0 Å². The second kappa shape index (κ2) is 5.91. The first-order valence-corrected chi connectivity index (χ1v) is 7.69. The topological polar surface area (TPSA) is 71.8 Å². The third-order valence-electron chi connectivity index (χ3n) is 4.32. The monoisotopic (exact) mass is 277 g/mol. The molecule has 0 bridgehead atoms. The maximum absolute atomic E-state index is 12.2. The van der Waals surface area contributed by atoms with Gasteiger partial charge in [0.15, 0.2) is 5.82 Å². The van der Waals surface area contributed by atoms with Gasteiger partial charge in [-0.1, -0.05) is 6.42 Å². The molecular weight excluding hydrogens is 254 g/mol. The van der Waals surface area contributed by atoms with Crippen LogP contribution in [0.15, 0.2) is 0 Å². The van der Waals surface area contributed by atoms with Crippen molar-refractivity contribution in [2.45, 2.75) is 51.6 Å². The molecule has 0 spiro atoms. The zero-order chi connectivity index (χ0) is 13.9. The van der Waals surface area contributed by atoms with Crippen LogP contribution in [0.4, 0.5) is 0 Å². The minimum atomic E-state index is -0.0672. The fourth-order valence-corrected chi connectivity index (χ4v) is 3.10. The van der Waals surface area contributed by atoms with Gasteiger partial charge in [0.25, 0.3) is 0 Å². The van der Waals surface area contributed by atoms with Gasteiger partial charge >= 0.3 is 0 Å². The molecule has 1 fully saturated rings. The highest BCUT2D eigenvalue weighted by Gasteiger charge is 2.26. The third-order valence-corrected chi connectivity index (χ3v) is 4.32. The minimum absolute atomic E-state index is 0.0672. The zero-order valence-corrected chi connectivity index (χ0v) is 12.1. The summed E-state index contributed by atoms with van der Waals surface area (Å²) >= 11 is 0. The Bertz CT molecular complexity index is 478. The van der Waals surface area contributed by atoms with Crippen molar-refractivity contribution in [2.24, 2.45) is 5.92 Å². The summed E-state index contributed by atoms with van der Waals surface area (Å²) in [4.78, 5) is 12.2. The van der Waals surface area contributed by atoms with E-state index in [1.165, 1.54) is 19.3 Å². The predicted molar refractivity (Wildman–Crippen MR) is 75.1 cm³/mol. The Balaban J connectivity index is 1.69. The number of hydrogen-bond donors (Lipinski definition) is 2. The lowest BCUT2D eigenvalue weighted by Gasteiger charge is -2.17. The first kappa shape index (κ1) is 13.5. The highest BCUT2D eigenvalue weighted by molar-refractivity contribution is 5.79. The Hall–Kier alpha value is -1.43. The molecule has 20 heavy (non-hydrogen) atoms. The standard InChI is InChI=1S/C14H23N5O/c1-10(16-14(20)11-6-7-15-9-11)13-18-17-12-5-3-2-4-8-19(12)13/h10-11,15H,2-9H2,1H3,(H,16,20). The molecule has 6 heteroatoms. The van der Waals surface area contributed by atoms with E-state index in [0.717, 1.165) is 44.1 Å². The van der Waals surface area contributed by atoms with Crippen molar-refractivity contribution in [3.05, 3.63) is 11.6 Å². The van der Waals surface area contributed by atoms with Crippen LogP contribution in [0.5, 0.6) is 0 Å². The molecule has 0 aliphatic carbocycles. The molecule has 2 atom stereocenters. The molecule has 2 aliphatic heterocycles. The van der Waals surface area contributed by atoms with Crippen LogP contribution >= 0.6 is 0 Å². The SMILES string of the molecule is CC(NC(=O)C1CCNC1)c1nnc2n1CCCCC2. The molecular formula is C14H23N5O. The second-order valence-corrected chi connectivity index (χ2v) is 5.86. The van der Waals surface area contributed by atoms with Gasteiger partial charge in [-0.2, -0.15) is 0 Å². The molecule has 0 saturated carbocycles. The molecule has 0 aromatic carbocycles. The molecule has 6 nitrogen and oxygen atoms in total. The van der Waals surface area contributed by atoms with Crippen LogP contribution in [-0.2, 0) is 17.8 Å². The van der Waals surface area contributed by atoms with Crippen molar-refractivity contribution in [1.29, 1.82) is 0 Å². The fraction of sp³-hybridized carbons (Fsp3) is 0.786. The van der Waals surface area contributed by atoms with Crippen LogP contribution in [0.3, 0.4) is 0 Å². The Labute approximate surface area is 119 Å². The lowest BCUT2D eigenvalue weighted by molar-refractivity contribution is -0.125. The highest BCUT2D eigenvalue weighted by atomic mass is 16.2. The average Bonchev–Trinajstić information content (AvgIpc) is 3.04. The summed E-state index contributed by atoms with van der Waals surface area (Å²) in [5.74, 6) is 2.21. The van der Waals surface area contributed by atoms with Gasteiger partial charge in [0.05, 0.1) is 12.0 Å². The number of aromatic nitrogens is 3. The molecule has 1 aromatic rings. The lowest BCUT2D eigenvalue weighted by Crippen LogP contribution is -2.35. The Kier molecular flexibility index (Phi) is 4.00. The maximum atomic E-state index is 12.2. The summed E-state index contributed by atoms with van der Waals surface area (Å²) in [6.07, 6.45) is 5.53. The van der Waals surface area contributed by atoms with Gasteiger partial charge in [0.2, 0.25) is 5.91 Å². The van der Waals surface area contributed by atoms with E-state index in [4.69, 9.17) is 0 Å². The van der Waals surface area contributed by atoms with E-state index in [1.807, 2.05) is 6.92 Å². The van der Waals surface area contributed by atoms with Crippen molar-refractivity contribution >= 4 is 5.91 Å². The summed E-state index contributed by atoms with van der Waals surface area (Å²) in [5.41, 5.74) is 0. The summed E-state index contributed by atoms with van der Waals surface area (Å²) in [5, 5.41) is 14.9. The van der Waals surface area contributed by atoms with Gasteiger partial charge in [-0.15, -0.1) is 10.2 Å². The summed E-state index contributed by atoms with van der Waals surface area (Å²) in [6.45, 7) is 4.70. The molecule has 2 aliphatic rings. The van der Waals surface area contributed by atoms with Crippen molar-refractivity contribution < 1.29 is 4.79 Å². The average molecular weight is 277 g/mol. The summed E-state index contributed by atoms with van der Waals surface area (Å²) in [6, 6.07) is -0.0672. The molecule has 1 saturated heterocycles. The van der Waals surface area contributed by atoms with Gasteiger partial charge < -0.3 is 15.2 Å². The molecule has 1 aromatic heterocycles. The van der Waals surface area contributed by atoms with Crippen LogP contribution in [0.25, 0.3) is 0 Å². The molecule has 2 unspecified atom stereocenters. The number of aryl methyl sites for hydroxylation is 1. The van der Waals surface area contributed by atoms with E-state index < -0.39 is 0 Å². The first-order valence-electron chi connectivity index (χ1n) is 7.69. The van der Waals surface area contributed by atoms with Crippen molar-refractivity contribution in [3.8, 4) is 0 Å². The van der Waals surface area contributed by atoms with E-state index in [9.17, 15) is 4.79 Å². The number of nitrogens with one attached hydrogen (secondary N) is 2. The van der Waals surface area contributed by atoms with E-state index in [2.05, 4.69) is 25.4 Å². The largest absolute Gasteiger partial charge is 0.346 e. The number of amides is 1. The quantitative estimate of drug-likeness (QED) is 0.857. The van der Waals surface area contributed by atoms with Crippen LogP contribution in [0.2, 0.25) is 0 Å². The highest BCUT2D eigenvalue weighted by Crippen LogP contribution is 2.19. The number of carbonyl (C=O) groups excluding carboxylic acids is 1. The normalized spacial score (nSPS) is 23.9. The van der Waals surface area contributed by atoms with Crippen molar-refractivity contribution in [3.63, 3.8) is 0 Å². The predicted octanol–water partition coefficient (Wildman–Crippen LogP) is 0.791. The minimum Gasteiger partial charge on any atom is -0.346 e. The Morgan fingerprint density at radius 2 is 2.30 bits per heavy atom. The first-order chi connectivity index (χ1) is 9.75. The molecule has 3 heterocycles. The zero-order valence-electron chi connectivity index (χ0n) is 12.1. The molecule has 110 valence electrons. The number of nitrogens with zero attached hydrogens (tertiary/aromatic N) is 3. The molecule has 0 radical (unpaired) electrons. The van der Waals surface area contributed by atoms with Crippen LogP contribution in [0.1, 0.15) is 50.3 Å². The van der Waals surface area contributed by atoms with Gasteiger partial charge in [-0.05, 0) is 32.7 Å². The number of rotatable bonds is 3. The number of hydrogen-bond acceptors (Lipinski definition) is 4. The fourth-order valence-electron chi connectivity index (χ4n) is 3.10. The van der Waals surface area contributed by atoms with Crippen LogP contribution in [0, 0.1) is 5.92 Å². The van der Waals surface area contributed by atoms with E-state index in [-0.39, 0.29) is 17.9 Å². The smallest absolute Gasteiger partial charge is 0.225 e. The Morgan fingerprint density at radius 3 is 3.10 bits per heavy atom. The van der Waals surface area contributed by atoms with Gasteiger partial charge in [-0.25, -0.2) is 0 Å². The molecule has 2 N–H and O–H groups in total. The van der Waals surface area contributed by atoms with Crippen LogP contribution in [-0.4, -0.2) is 33.8 Å². The summed E-state index contributed by atoms with van der Waals surface area (Å²) in [7, 11) is 0.